The Morgan fingerprint density at radius 3 is 2.35 bits per heavy atom. The normalized spacial score (nSPS) is 10.7. The Hall–Kier alpha value is -3.00. The van der Waals surface area contributed by atoms with E-state index in [-0.39, 0.29) is 23.9 Å². The molecule has 2 aromatic heterocycles. The van der Waals surface area contributed by atoms with Crippen molar-refractivity contribution in [2.24, 2.45) is 0 Å². The highest BCUT2D eigenvalue weighted by Crippen LogP contribution is 2.20. The number of carbonyl (C=O) groups is 2. The molecule has 0 unspecified atom stereocenters. The summed E-state index contributed by atoms with van der Waals surface area (Å²) >= 11 is 1.46. The van der Waals surface area contributed by atoms with E-state index in [4.69, 9.17) is 0 Å². The Labute approximate surface area is 153 Å². The standard InChI is InChI=1S/C18H18N4O3S/c1-10-8-15-17(26-10)19-11(2)22(18(15)25)9-16(24)21-14-6-4-13(5-7-14)20-12(3)23/h4-8H,9H2,1-3H3,(H,20,23)(H,21,24). The molecule has 0 aliphatic heterocycles. The van der Waals surface area contributed by atoms with Crippen LogP contribution >= 0.6 is 11.3 Å². The van der Waals surface area contributed by atoms with Crippen molar-refractivity contribution in [3.63, 3.8) is 0 Å². The highest BCUT2D eigenvalue weighted by molar-refractivity contribution is 7.18. The average molecular weight is 370 g/mol. The van der Waals surface area contributed by atoms with Crippen LogP contribution in [0.3, 0.4) is 0 Å². The number of amides is 2. The van der Waals surface area contributed by atoms with Crippen molar-refractivity contribution < 1.29 is 9.59 Å². The van der Waals surface area contributed by atoms with Gasteiger partial charge in [-0.05, 0) is 44.2 Å². The second-order valence-electron chi connectivity index (χ2n) is 5.93. The Bertz CT molecular complexity index is 1050. The van der Waals surface area contributed by atoms with Crippen molar-refractivity contribution in [2.45, 2.75) is 27.3 Å². The average Bonchev–Trinajstić information content (AvgIpc) is 2.93. The van der Waals surface area contributed by atoms with Crippen LogP contribution in [0, 0.1) is 13.8 Å². The molecule has 0 bridgehead atoms. The molecule has 0 saturated heterocycles. The van der Waals surface area contributed by atoms with Crippen LogP contribution in [0.2, 0.25) is 0 Å². The first kappa shape index (κ1) is 17.8. The number of hydrogen-bond acceptors (Lipinski definition) is 5. The zero-order valence-electron chi connectivity index (χ0n) is 14.6. The molecule has 0 fully saturated rings. The van der Waals surface area contributed by atoms with E-state index in [0.717, 1.165) is 4.88 Å². The molecular weight excluding hydrogens is 352 g/mol. The van der Waals surface area contributed by atoms with Crippen molar-refractivity contribution in [1.29, 1.82) is 0 Å². The van der Waals surface area contributed by atoms with Crippen LogP contribution < -0.4 is 16.2 Å². The van der Waals surface area contributed by atoms with Gasteiger partial charge >= 0.3 is 0 Å². The quantitative estimate of drug-likeness (QED) is 0.738. The number of anilines is 2. The number of nitrogens with zero attached hydrogens (tertiary/aromatic N) is 2. The SMILES string of the molecule is CC(=O)Nc1ccc(NC(=O)Cn2c(C)nc3sc(C)cc3c2=O)cc1. The van der Waals surface area contributed by atoms with E-state index in [1.165, 1.54) is 22.8 Å². The minimum atomic E-state index is -0.324. The van der Waals surface area contributed by atoms with Crippen molar-refractivity contribution in [3.8, 4) is 0 Å². The number of nitrogens with one attached hydrogen (secondary N) is 2. The van der Waals surface area contributed by atoms with Crippen LogP contribution in [0.4, 0.5) is 11.4 Å². The van der Waals surface area contributed by atoms with Crippen molar-refractivity contribution in [2.75, 3.05) is 10.6 Å². The summed E-state index contributed by atoms with van der Waals surface area (Å²) in [5.74, 6) is 0.0132. The third-order valence-electron chi connectivity index (χ3n) is 3.76. The van der Waals surface area contributed by atoms with Crippen LogP contribution in [-0.4, -0.2) is 21.4 Å². The van der Waals surface area contributed by atoms with Gasteiger partial charge in [0.25, 0.3) is 5.56 Å². The summed E-state index contributed by atoms with van der Waals surface area (Å²) in [5, 5.41) is 5.93. The molecule has 3 rings (SSSR count). The third kappa shape index (κ3) is 3.80. The molecule has 1 aromatic carbocycles. The van der Waals surface area contributed by atoms with Crippen LogP contribution in [0.15, 0.2) is 35.1 Å². The van der Waals surface area contributed by atoms with Gasteiger partial charge in [0.2, 0.25) is 11.8 Å². The number of carbonyl (C=O) groups excluding carboxylic acids is 2. The zero-order chi connectivity index (χ0) is 18.8. The number of rotatable bonds is 4. The second-order valence-corrected chi connectivity index (χ2v) is 7.17. The summed E-state index contributed by atoms with van der Waals surface area (Å²) in [4.78, 5) is 42.1. The summed E-state index contributed by atoms with van der Waals surface area (Å²) in [6, 6.07) is 8.54. The van der Waals surface area contributed by atoms with Crippen molar-refractivity contribution in [3.05, 3.63) is 51.4 Å². The predicted octanol–water partition coefficient (Wildman–Crippen LogP) is 2.67. The largest absolute Gasteiger partial charge is 0.326 e. The van der Waals surface area contributed by atoms with E-state index >= 15 is 0 Å². The Kier molecular flexibility index (Phi) is 4.85. The van der Waals surface area contributed by atoms with Gasteiger partial charge in [-0.15, -0.1) is 11.3 Å². The molecule has 2 heterocycles. The topological polar surface area (TPSA) is 93.1 Å². The lowest BCUT2D eigenvalue weighted by atomic mass is 10.2. The van der Waals surface area contributed by atoms with Gasteiger partial charge in [0.05, 0.1) is 5.39 Å². The van der Waals surface area contributed by atoms with Gasteiger partial charge in [-0.3, -0.25) is 19.0 Å². The van der Waals surface area contributed by atoms with Gasteiger partial charge in [0, 0.05) is 23.2 Å². The molecule has 7 nitrogen and oxygen atoms in total. The first-order chi connectivity index (χ1) is 12.3. The molecule has 134 valence electrons. The molecule has 26 heavy (non-hydrogen) atoms. The number of fused-ring (bicyclic) bond motifs is 1. The molecule has 0 saturated carbocycles. The van der Waals surface area contributed by atoms with Crippen LogP contribution in [0.5, 0.6) is 0 Å². The minimum Gasteiger partial charge on any atom is -0.326 e. The zero-order valence-corrected chi connectivity index (χ0v) is 15.4. The molecule has 8 heteroatoms. The summed E-state index contributed by atoms with van der Waals surface area (Å²) in [6.07, 6.45) is 0. The Balaban J connectivity index is 1.77. The number of hydrogen-bond donors (Lipinski definition) is 2. The maximum absolute atomic E-state index is 12.6. The van der Waals surface area contributed by atoms with E-state index in [1.807, 2.05) is 6.92 Å². The molecule has 2 N–H and O–H groups in total. The van der Waals surface area contributed by atoms with Gasteiger partial charge in [-0.2, -0.15) is 0 Å². The Morgan fingerprint density at radius 1 is 1.12 bits per heavy atom. The minimum absolute atomic E-state index is 0.115. The summed E-state index contributed by atoms with van der Waals surface area (Å²) in [5.41, 5.74) is 1.01. The van der Waals surface area contributed by atoms with E-state index in [1.54, 1.807) is 37.3 Å². The van der Waals surface area contributed by atoms with Crippen molar-refractivity contribution in [1.82, 2.24) is 9.55 Å². The molecule has 0 aliphatic carbocycles. The van der Waals surface area contributed by atoms with Gasteiger partial charge in [0.1, 0.15) is 17.2 Å². The van der Waals surface area contributed by atoms with E-state index < -0.39 is 0 Å². The third-order valence-corrected chi connectivity index (χ3v) is 4.70. The fraction of sp³-hybridized carbons (Fsp3) is 0.222. The lowest BCUT2D eigenvalue weighted by molar-refractivity contribution is -0.117. The maximum atomic E-state index is 12.6. The first-order valence-electron chi connectivity index (χ1n) is 7.98. The molecule has 0 spiro atoms. The Morgan fingerprint density at radius 2 is 1.73 bits per heavy atom. The summed E-state index contributed by atoms with van der Waals surface area (Å²) in [7, 11) is 0. The first-order valence-corrected chi connectivity index (χ1v) is 8.80. The number of benzene rings is 1. The lowest BCUT2D eigenvalue weighted by Crippen LogP contribution is -2.29. The fourth-order valence-electron chi connectivity index (χ4n) is 2.61. The molecular formula is C18H18N4O3S. The van der Waals surface area contributed by atoms with Crippen LogP contribution in [-0.2, 0) is 16.1 Å². The molecule has 2 amide bonds. The van der Waals surface area contributed by atoms with Crippen LogP contribution in [0.25, 0.3) is 10.2 Å². The maximum Gasteiger partial charge on any atom is 0.262 e. The fourth-order valence-corrected chi connectivity index (χ4v) is 3.52. The highest BCUT2D eigenvalue weighted by Gasteiger charge is 2.13. The monoisotopic (exact) mass is 370 g/mol. The van der Waals surface area contributed by atoms with E-state index in [2.05, 4.69) is 15.6 Å². The molecule has 0 aliphatic rings. The highest BCUT2D eigenvalue weighted by atomic mass is 32.1. The van der Waals surface area contributed by atoms with Gasteiger partial charge in [0.15, 0.2) is 0 Å². The lowest BCUT2D eigenvalue weighted by Gasteiger charge is -2.10. The predicted molar refractivity (Wildman–Crippen MR) is 103 cm³/mol. The van der Waals surface area contributed by atoms with Gasteiger partial charge in [-0.25, -0.2) is 4.98 Å². The smallest absolute Gasteiger partial charge is 0.262 e. The molecule has 3 aromatic rings. The summed E-state index contributed by atoms with van der Waals surface area (Å²) in [6.45, 7) is 4.94. The van der Waals surface area contributed by atoms with Gasteiger partial charge < -0.3 is 10.6 Å². The molecule has 0 radical (unpaired) electrons. The summed E-state index contributed by atoms with van der Waals surface area (Å²) < 4.78 is 1.37. The number of aryl methyl sites for hydroxylation is 2. The number of thiophene rings is 1. The molecule has 0 atom stereocenters. The van der Waals surface area contributed by atoms with E-state index in [0.29, 0.717) is 27.4 Å². The second kappa shape index (κ2) is 7.09. The van der Waals surface area contributed by atoms with Crippen LogP contribution in [0.1, 0.15) is 17.6 Å². The van der Waals surface area contributed by atoms with Crippen molar-refractivity contribution >= 4 is 44.7 Å². The van der Waals surface area contributed by atoms with E-state index in [9.17, 15) is 14.4 Å². The van der Waals surface area contributed by atoms with Gasteiger partial charge in [-0.1, -0.05) is 0 Å². The number of aromatic nitrogens is 2.